The minimum atomic E-state index is -4.43. The number of hydrogen-bond donors (Lipinski definition) is 1. The van der Waals surface area contributed by atoms with Gasteiger partial charge in [-0.3, -0.25) is 4.79 Å². The monoisotopic (exact) mass is 427 g/mol. The SMILES string of the molecule is CC1CC(C)CN(C(=O)c2cc(Nc3cccc(C(F)(F)F)c3)nc3ccccc23)C1. The molecule has 1 N–H and O–H groups in total. The zero-order valence-electron chi connectivity index (χ0n) is 17.4. The first-order chi connectivity index (χ1) is 14.7. The summed E-state index contributed by atoms with van der Waals surface area (Å²) in [5.74, 6) is 1.09. The number of carbonyl (C=O) groups excluding carboxylic acids is 1. The van der Waals surface area contributed by atoms with E-state index in [1.54, 1.807) is 18.2 Å². The van der Waals surface area contributed by atoms with E-state index < -0.39 is 11.7 Å². The van der Waals surface area contributed by atoms with Crippen LogP contribution in [0.4, 0.5) is 24.7 Å². The summed E-state index contributed by atoms with van der Waals surface area (Å²) < 4.78 is 39.2. The minimum absolute atomic E-state index is 0.0795. The molecule has 2 heterocycles. The number of benzene rings is 2. The summed E-state index contributed by atoms with van der Waals surface area (Å²) >= 11 is 0. The Balaban J connectivity index is 1.71. The van der Waals surface area contributed by atoms with Crippen LogP contribution >= 0.6 is 0 Å². The van der Waals surface area contributed by atoms with Crippen LogP contribution in [0.1, 0.15) is 36.2 Å². The maximum atomic E-state index is 13.4. The summed E-state index contributed by atoms with van der Waals surface area (Å²) in [5.41, 5.74) is 0.629. The number of nitrogens with one attached hydrogen (secondary N) is 1. The lowest BCUT2D eigenvalue weighted by atomic mass is 9.91. The van der Waals surface area contributed by atoms with Gasteiger partial charge < -0.3 is 10.2 Å². The first-order valence-electron chi connectivity index (χ1n) is 10.3. The zero-order chi connectivity index (χ0) is 22.2. The van der Waals surface area contributed by atoms with Crippen LogP contribution in [0.15, 0.2) is 54.6 Å². The summed E-state index contributed by atoms with van der Waals surface area (Å²) in [7, 11) is 0. The molecule has 0 saturated carbocycles. The maximum Gasteiger partial charge on any atom is 0.416 e. The fourth-order valence-corrected chi connectivity index (χ4v) is 4.34. The van der Waals surface area contributed by atoms with Gasteiger partial charge in [-0.15, -0.1) is 0 Å². The van der Waals surface area contributed by atoms with Gasteiger partial charge in [-0.25, -0.2) is 4.98 Å². The lowest BCUT2D eigenvalue weighted by molar-refractivity contribution is -0.137. The van der Waals surface area contributed by atoms with Gasteiger partial charge in [0.25, 0.3) is 5.91 Å². The number of piperidine rings is 1. The molecule has 0 aliphatic carbocycles. The minimum Gasteiger partial charge on any atom is -0.340 e. The van der Waals surface area contributed by atoms with Crippen LogP contribution in [0.2, 0.25) is 0 Å². The molecule has 0 spiro atoms. The Morgan fingerprint density at radius 1 is 1.03 bits per heavy atom. The predicted octanol–water partition coefficient (Wildman–Crippen LogP) is 6.12. The van der Waals surface area contributed by atoms with Crippen molar-refractivity contribution in [3.05, 3.63) is 65.7 Å². The van der Waals surface area contributed by atoms with E-state index >= 15 is 0 Å². The van der Waals surface area contributed by atoms with Gasteiger partial charge in [-0.1, -0.05) is 38.1 Å². The number of anilines is 2. The summed E-state index contributed by atoms with van der Waals surface area (Å²) in [6.45, 7) is 5.66. The van der Waals surface area contributed by atoms with Crippen molar-refractivity contribution in [2.24, 2.45) is 11.8 Å². The van der Waals surface area contributed by atoms with E-state index in [0.717, 1.165) is 23.9 Å². The Hall–Kier alpha value is -3.09. The van der Waals surface area contributed by atoms with Crippen molar-refractivity contribution in [1.29, 1.82) is 0 Å². The van der Waals surface area contributed by atoms with Gasteiger partial charge in [0.15, 0.2) is 0 Å². The lowest BCUT2D eigenvalue weighted by Crippen LogP contribution is -2.42. The molecule has 4 nitrogen and oxygen atoms in total. The molecule has 2 atom stereocenters. The Labute approximate surface area is 179 Å². The standard InChI is InChI=1S/C24H24F3N3O/c1-15-10-16(2)14-30(13-15)23(31)20-12-22(29-21-9-4-3-8-19(20)21)28-18-7-5-6-17(11-18)24(25,26)27/h3-9,11-12,15-16H,10,13-14H2,1-2H3,(H,28,29). The number of para-hydroxylation sites is 1. The first kappa shape index (κ1) is 21.2. The number of alkyl halides is 3. The van der Waals surface area contributed by atoms with Gasteiger partial charge >= 0.3 is 6.18 Å². The second-order valence-electron chi connectivity index (χ2n) is 8.43. The second-order valence-corrected chi connectivity index (χ2v) is 8.43. The van der Waals surface area contributed by atoms with E-state index in [-0.39, 0.29) is 11.6 Å². The highest BCUT2D eigenvalue weighted by molar-refractivity contribution is 6.07. The molecule has 7 heteroatoms. The van der Waals surface area contributed by atoms with Crippen LogP contribution in [-0.2, 0) is 6.18 Å². The summed E-state index contributed by atoms with van der Waals surface area (Å²) in [6.07, 6.45) is -3.35. The molecule has 31 heavy (non-hydrogen) atoms. The molecular weight excluding hydrogens is 403 g/mol. The Morgan fingerprint density at radius 2 is 1.74 bits per heavy atom. The van der Waals surface area contributed by atoms with Gasteiger partial charge in [-0.2, -0.15) is 13.2 Å². The fraction of sp³-hybridized carbons (Fsp3) is 0.333. The van der Waals surface area contributed by atoms with Crippen molar-refractivity contribution in [2.45, 2.75) is 26.4 Å². The number of halogens is 3. The highest BCUT2D eigenvalue weighted by atomic mass is 19.4. The Kier molecular flexibility index (Phi) is 5.60. The van der Waals surface area contributed by atoms with Gasteiger partial charge in [0.05, 0.1) is 16.6 Å². The second kappa shape index (κ2) is 8.21. The molecule has 0 radical (unpaired) electrons. The molecule has 4 rings (SSSR count). The number of nitrogens with zero attached hydrogens (tertiary/aromatic N) is 2. The molecule has 1 saturated heterocycles. The molecule has 3 aromatic rings. The Morgan fingerprint density at radius 3 is 2.45 bits per heavy atom. The quantitative estimate of drug-likeness (QED) is 0.548. The van der Waals surface area contributed by atoms with Crippen molar-refractivity contribution in [1.82, 2.24) is 9.88 Å². The van der Waals surface area contributed by atoms with Crippen LogP contribution in [0, 0.1) is 11.8 Å². The normalized spacial score (nSPS) is 19.5. The maximum absolute atomic E-state index is 13.4. The van der Waals surface area contributed by atoms with Gasteiger partial charge in [0, 0.05) is 24.2 Å². The smallest absolute Gasteiger partial charge is 0.340 e. The molecule has 1 aliphatic rings. The average molecular weight is 427 g/mol. The number of hydrogen-bond acceptors (Lipinski definition) is 3. The Bertz CT molecular complexity index is 1100. The molecule has 162 valence electrons. The van der Waals surface area contributed by atoms with E-state index in [0.29, 0.717) is 41.8 Å². The van der Waals surface area contributed by atoms with Gasteiger partial charge in [0.2, 0.25) is 0 Å². The number of pyridine rings is 1. The largest absolute Gasteiger partial charge is 0.416 e. The van der Waals surface area contributed by atoms with Crippen molar-refractivity contribution in [3.8, 4) is 0 Å². The molecule has 1 aliphatic heterocycles. The summed E-state index contributed by atoms with van der Waals surface area (Å²) in [4.78, 5) is 19.8. The first-order valence-corrected chi connectivity index (χ1v) is 10.3. The molecule has 1 aromatic heterocycles. The number of fused-ring (bicyclic) bond motifs is 1. The third-order valence-electron chi connectivity index (χ3n) is 5.56. The molecule has 2 aromatic carbocycles. The van der Waals surface area contributed by atoms with E-state index in [2.05, 4.69) is 24.1 Å². The third kappa shape index (κ3) is 4.65. The van der Waals surface area contributed by atoms with E-state index in [9.17, 15) is 18.0 Å². The van der Waals surface area contributed by atoms with Crippen LogP contribution in [0.25, 0.3) is 10.9 Å². The summed E-state index contributed by atoms with van der Waals surface area (Å²) in [6, 6.07) is 13.9. The summed E-state index contributed by atoms with van der Waals surface area (Å²) in [5, 5.41) is 3.67. The van der Waals surface area contributed by atoms with Crippen LogP contribution in [0.5, 0.6) is 0 Å². The number of aromatic nitrogens is 1. The van der Waals surface area contributed by atoms with E-state index in [1.165, 1.54) is 6.07 Å². The van der Waals surface area contributed by atoms with Crippen LogP contribution in [0.3, 0.4) is 0 Å². The average Bonchev–Trinajstić information content (AvgIpc) is 2.71. The van der Waals surface area contributed by atoms with Gasteiger partial charge in [-0.05, 0) is 48.6 Å². The fourth-order valence-electron chi connectivity index (χ4n) is 4.34. The lowest BCUT2D eigenvalue weighted by Gasteiger charge is -2.35. The highest BCUT2D eigenvalue weighted by Crippen LogP contribution is 2.32. The highest BCUT2D eigenvalue weighted by Gasteiger charge is 2.30. The van der Waals surface area contributed by atoms with E-state index in [4.69, 9.17) is 0 Å². The van der Waals surface area contributed by atoms with E-state index in [1.807, 2.05) is 23.1 Å². The molecular formula is C24H24F3N3O. The van der Waals surface area contributed by atoms with Gasteiger partial charge in [0.1, 0.15) is 5.82 Å². The van der Waals surface area contributed by atoms with Crippen LogP contribution in [-0.4, -0.2) is 28.9 Å². The van der Waals surface area contributed by atoms with Crippen molar-refractivity contribution >= 4 is 28.3 Å². The van der Waals surface area contributed by atoms with Crippen molar-refractivity contribution in [3.63, 3.8) is 0 Å². The topological polar surface area (TPSA) is 45.2 Å². The number of rotatable bonds is 3. The number of carbonyl (C=O) groups is 1. The van der Waals surface area contributed by atoms with Crippen LogP contribution < -0.4 is 5.32 Å². The van der Waals surface area contributed by atoms with Crippen molar-refractivity contribution in [2.75, 3.05) is 18.4 Å². The molecule has 0 bridgehead atoms. The predicted molar refractivity (Wildman–Crippen MR) is 115 cm³/mol. The van der Waals surface area contributed by atoms with Crippen molar-refractivity contribution < 1.29 is 18.0 Å². The number of amides is 1. The molecule has 1 amide bonds. The zero-order valence-corrected chi connectivity index (χ0v) is 17.4. The number of likely N-dealkylation sites (tertiary alicyclic amines) is 1. The third-order valence-corrected chi connectivity index (χ3v) is 5.56. The molecule has 1 fully saturated rings. The molecule has 2 unspecified atom stereocenters.